The summed E-state index contributed by atoms with van der Waals surface area (Å²) in [5, 5.41) is 3.02. The lowest BCUT2D eigenvalue weighted by Gasteiger charge is -2.26. The number of piperidine rings is 1. The lowest BCUT2D eigenvalue weighted by molar-refractivity contribution is -0.130. The van der Waals surface area contributed by atoms with E-state index in [0.717, 1.165) is 31.5 Å². The second kappa shape index (κ2) is 5.71. The zero-order valence-corrected chi connectivity index (χ0v) is 10.8. The van der Waals surface area contributed by atoms with E-state index in [1.807, 2.05) is 17.9 Å². The number of nitrogens with two attached hydrogens (primary N) is 1. The summed E-state index contributed by atoms with van der Waals surface area (Å²) < 4.78 is 0. The van der Waals surface area contributed by atoms with E-state index >= 15 is 0 Å². The molecule has 1 amide bonds. The van der Waals surface area contributed by atoms with Crippen LogP contribution in [0.3, 0.4) is 0 Å². The van der Waals surface area contributed by atoms with E-state index in [0.29, 0.717) is 11.5 Å². The first kappa shape index (κ1) is 12.7. The Bertz CT molecular complexity index is 427. The number of hydrogen-bond acceptors (Lipinski definition) is 4. The molecule has 0 spiro atoms. The monoisotopic (exact) mass is 248 g/mol. The van der Waals surface area contributed by atoms with Gasteiger partial charge in [-0.2, -0.15) is 0 Å². The number of nitrogens with zero attached hydrogens (tertiary/aromatic N) is 2. The molecule has 1 aliphatic rings. The molecule has 0 radical (unpaired) electrons. The van der Waals surface area contributed by atoms with Crippen molar-refractivity contribution in [1.29, 1.82) is 0 Å². The first-order valence-corrected chi connectivity index (χ1v) is 6.41. The van der Waals surface area contributed by atoms with Crippen molar-refractivity contribution in [2.45, 2.75) is 26.2 Å². The standard InChI is InChI=1S/C13H20N4O/c1-10-5-6-15-13(12(10)14)16-9-11(18)17-7-3-2-4-8-17/h5-6H,2-4,7-9,14H2,1H3,(H,15,16). The number of nitrogens with one attached hydrogen (secondary N) is 1. The number of aromatic nitrogens is 1. The van der Waals surface area contributed by atoms with Crippen LogP contribution in [0.1, 0.15) is 24.8 Å². The van der Waals surface area contributed by atoms with Crippen molar-refractivity contribution in [3.05, 3.63) is 17.8 Å². The fraction of sp³-hybridized carbons (Fsp3) is 0.538. The molecule has 0 atom stereocenters. The summed E-state index contributed by atoms with van der Waals surface area (Å²) in [5.74, 6) is 0.720. The molecular formula is C13H20N4O. The van der Waals surface area contributed by atoms with Crippen LogP contribution >= 0.6 is 0 Å². The van der Waals surface area contributed by atoms with E-state index in [9.17, 15) is 4.79 Å². The van der Waals surface area contributed by atoms with Gasteiger partial charge in [-0.25, -0.2) is 4.98 Å². The molecule has 1 aromatic heterocycles. The Morgan fingerprint density at radius 3 is 2.89 bits per heavy atom. The summed E-state index contributed by atoms with van der Waals surface area (Å²) in [4.78, 5) is 18.0. The Labute approximate surface area is 107 Å². The van der Waals surface area contributed by atoms with Crippen molar-refractivity contribution >= 4 is 17.4 Å². The number of rotatable bonds is 3. The number of carbonyl (C=O) groups is 1. The summed E-state index contributed by atoms with van der Waals surface area (Å²) >= 11 is 0. The molecule has 5 nitrogen and oxygen atoms in total. The highest BCUT2D eigenvalue weighted by Gasteiger charge is 2.16. The Morgan fingerprint density at radius 2 is 2.17 bits per heavy atom. The summed E-state index contributed by atoms with van der Waals surface area (Å²) in [6.07, 6.45) is 5.14. The minimum atomic E-state index is 0.123. The number of nitrogen functional groups attached to an aromatic ring is 1. The fourth-order valence-corrected chi connectivity index (χ4v) is 2.13. The zero-order valence-electron chi connectivity index (χ0n) is 10.8. The van der Waals surface area contributed by atoms with Gasteiger partial charge >= 0.3 is 0 Å². The summed E-state index contributed by atoms with van der Waals surface area (Å²) in [6, 6.07) is 1.85. The van der Waals surface area contributed by atoms with Crippen molar-refractivity contribution in [3.8, 4) is 0 Å². The number of pyridine rings is 1. The minimum Gasteiger partial charge on any atom is -0.396 e. The normalized spacial score (nSPS) is 15.5. The Kier molecular flexibility index (Phi) is 4.02. The van der Waals surface area contributed by atoms with Crippen LogP contribution in [0.2, 0.25) is 0 Å². The van der Waals surface area contributed by atoms with Gasteiger partial charge in [-0.05, 0) is 37.8 Å². The first-order valence-electron chi connectivity index (χ1n) is 6.41. The number of anilines is 2. The molecule has 0 aromatic carbocycles. The van der Waals surface area contributed by atoms with Crippen LogP contribution in [-0.2, 0) is 4.79 Å². The van der Waals surface area contributed by atoms with Crippen LogP contribution in [-0.4, -0.2) is 35.4 Å². The molecule has 2 rings (SSSR count). The van der Waals surface area contributed by atoms with E-state index in [1.54, 1.807) is 6.20 Å². The number of aryl methyl sites for hydroxylation is 1. The van der Waals surface area contributed by atoms with Gasteiger partial charge in [0.2, 0.25) is 5.91 Å². The van der Waals surface area contributed by atoms with E-state index < -0.39 is 0 Å². The summed E-state index contributed by atoms with van der Waals surface area (Å²) in [7, 11) is 0. The average Bonchev–Trinajstić information content (AvgIpc) is 2.41. The third kappa shape index (κ3) is 2.91. The zero-order chi connectivity index (χ0) is 13.0. The maximum atomic E-state index is 12.0. The van der Waals surface area contributed by atoms with Gasteiger partial charge in [0.25, 0.3) is 0 Å². The topological polar surface area (TPSA) is 71.2 Å². The molecule has 1 fully saturated rings. The van der Waals surface area contributed by atoms with Gasteiger partial charge in [0, 0.05) is 19.3 Å². The third-order valence-corrected chi connectivity index (χ3v) is 3.32. The molecule has 1 aliphatic heterocycles. The van der Waals surface area contributed by atoms with E-state index in [-0.39, 0.29) is 12.5 Å². The summed E-state index contributed by atoms with van der Waals surface area (Å²) in [5.41, 5.74) is 7.48. The number of amides is 1. The Morgan fingerprint density at radius 1 is 1.44 bits per heavy atom. The SMILES string of the molecule is Cc1ccnc(NCC(=O)N2CCCCC2)c1N. The highest BCUT2D eigenvalue weighted by atomic mass is 16.2. The second-order valence-corrected chi connectivity index (χ2v) is 4.69. The van der Waals surface area contributed by atoms with Gasteiger partial charge in [0.15, 0.2) is 0 Å². The van der Waals surface area contributed by atoms with Gasteiger partial charge < -0.3 is 16.0 Å². The average molecular weight is 248 g/mol. The second-order valence-electron chi connectivity index (χ2n) is 4.69. The molecule has 1 saturated heterocycles. The van der Waals surface area contributed by atoms with Crippen molar-refractivity contribution < 1.29 is 4.79 Å². The van der Waals surface area contributed by atoms with Crippen LogP contribution in [0.15, 0.2) is 12.3 Å². The van der Waals surface area contributed by atoms with Gasteiger partial charge in [-0.1, -0.05) is 0 Å². The molecule has 3 N–H and O–H groups in total. The smallest absolute Gasteiger partial charge is 0.241 e. The molecule has 98 valence electrons. The molecule has 2 heterocycles. The van der Waals surface area contributed by atoms with Crippen LogP contribution in [0.4, 0.5) is 11.5 Å². The molecule has 0 bridgehead atoms. The van der Waals surface area contributed by atoms with Crippen LogP contribution in [0.25, 0.3) is 0 Å². The number of hydrogen-bond donors (Lipinski definition) is 2. The molecule has 5 heteroatoms. The molecule has 1 aromatic rings. The number of likely N-dealkylation sites (tertiary alicyclic amines) is 1. The fourth-order valence-electron chi connectivity index (χ4n) is 2.13. The largest absolute Gasteiger partial charge is 0.396 e. The molecule has 0 saturated carbocycles. The van der Waals surface area contributed by atoms with Crippen molar-refractivity contribution in [2.75, 3.05) is 30.7 Å². The van der Waals surface area contributed by atoms with Gasteiger partial charge in [-0.3, -0.25) is 4.79 Å². The molecular weight excluding hydrogens is 228 g/mol. The molecule has 18 heavy (non-hydrogen) atoms. The van der Waals surface area contributed by atoms with Crippen molar-refractivity contribution in [2.24, 2.45) is 0 Å². The van der Waals surface area contributed by atoms with Gasteiger partial charge in [0.1, 0.15) is 5.82 Å². The quantitative estimate of drug-likeness (QED) is 0.848. The first-order chi connectivity index (χ1) is 8.68. The van der Waals surface area contributed by atoms with Crippen LogP contribution < -0.4 is 11.1 Å². The summed E-state index contributed by atoms with van der Waals surface area (Å²) in [6.45, 7) is 3.93. The minimum absolute atomic E-state index is 0.123. The lowest BCUT2D eigenvalue weighted by Crippen LogP contribution is -2.39. The maximum Gasteiger partial charge on any atom is 0.241 e. The maximum absolute atomic E-state index is 12.0. The van der Waals surface area contributed by atoms with Gasteiger partial charge in [-0.15, -0.1) is 0 Å². The Balaban J connectivity index is 1.90. The van der Waals surface area contributed by atoms with E-state index in [1.165, 1.54) is 6.42 Å². The Hall–Kier alpha value is -1.78. The third-order valence-electron chi connectivity index (χ3n) is 3.32. The van der Waals surface area contributed by atoms with Crippen molar-refractivity contribution in [3.63, 3.8) is 0 Å². The van der Waals surface area contributed by atoms with E-state index in [2.05, 4.69) is 10.3 Å². The van der Waals surface area contributed by atoms with Crippen molar-refractivity contribution in [1.82, 2.24) is 9.88 Å². The molecule has 0 aliphatic carbocycles. The predicted molar refractivity (Wildman–Crippen MR) is 72.3 cm³/mol. The molecule has 0 unspecified atom stereocenters. The highest BCUT2D eigenvalue weighted by Crippen LogP contribution is 2.18. The van der Waals surface area contributed by atoms with Crippen LogP contribution in [0, 0.1) is 6.92 Å². The van der Waals surface area contributed by atoms with Gasteiger partial charge in [0.05, 0.1) is 12.2 Å². The lowest BCUT2D eigenvalue weighted by atomic mass is 10.1. The predicted octanol–water partition coefficient (Wildman–Crippen LogP) is 1.40. The number of carbonyl (C=O) groups excluding carboxylic acids is 1. The highest BCUT2D eigenvalue weighted by molar-refractivity contribution is 5.82. The van der Waals surface area contributed by atoms with Crippen LogP contribution in [0.5, 0.6) is 0 Å². The van der Waals surface area contributed by atoms with E-state index in [4.69, 9.17) is 5.73 Å².